The van der Waals surface area contributed by atoms with Gasteiger partial charge in [-0.05, 0) is 49.5 Å². The molecule has 3 N–H and O–H groups in total. The molecule has 2 heterocycles. The lowest BCUT2D eigenvalue weighted by Gasteiger charge is -2.31. The van der Waals surface area contributed by atoms with Gasteiger partial charge in [-0.1, -0.05) is 87.2 Å². The van der Waals surface area contributed by atoms with Crippen LogP contribution in [0.25, 0.3) is 11.0 Å². The zero-order chi connectivity index (χ0) is 24.6. The molecule has 2 aromatic rings. The fourth-order valence-corrected chi connectivity index (χ4v) is 3.98. The summed E-state index contributed by atoms with van der Waals surface area (Å²) < 4.78 is 0. The Hall–Kier alpha value is -3.93. The largest absolute Gasteiger partial charge is 0.324 e. The molecule has 2 atom stereocenters. The van der Waals surface area contributed by atoms with Crippen LogP contribution < -0.4 is 10.6 Å². The molecule has 1 aromatic heterocycles. The van der Waals surface area contributed by atoms with Gasteiger partial charge in [0, 0.05) is 0 Å². The highest BCUT2D eigenvalue weighted by Crippen LogP contribution is 2.40. The number of para-hydroxylation sites is 2. The van der Waals surface area contributed by atoms with Gasteiger partial charge >= 0.3 is 0 Å². The molecule has 0 aliphatic carbocycles. The number of aromatic nitrogens is 2. The Labute approximate surface area is 201 Å². The molecule has 2 unspecified atom stereocenters. The molecule has 176 valence electrons. The maximum atomic E-state index is 13.7. The molecule has 1 aliphatic rings. The summed E-state index contributed by atoms with van der Waals surface area (Å²) in [5, 5.41) is 6.12. The van der Waals surface area contributed by atoms with Crippen molar-refractivity contribution in [3.05, 3.63) is 96.7 Å². The smallest absolute Gasteiger partial charge is 0.263 e. The summed E-state index contributed by atoms with van der Waals surface area (Å²) in [7, 11) is 0. The summed E-state index contributed by atoms with van der Waals surface area (Å²) in [6.45, 7) is 11.9. The second kappa shape index (κ2) is 11.3. The molecule has 1 amide bonds. The van der Waals surface area contributed by atoms with Crippen LogP contribution in [0.3, 0.4) is 0 Å². The number of carbonyl (C=O) groups excluding carboxylic acids is 1. The topological polar surface area (TPSA) is 82.2 Å². The molecule has 34 heavy (non-hydrogen) atoms. The van der Waals surface area contributed by atoms with Crippen molar-refractivity contribution < 1.29 is 4.79 Å². The predicted octanol–water partition coefficient (Wildman–Crippen LogP) is 5.99. The van der Waals surface area contributed by atoms with Crippen LogP contribution in [-0.2, 0) is 4.79 Å². The average Bonchev–Trinajstić information content (AvgIpc) is 3.39. The highest BCUT2D eigenvalue weighted by atomic mass is 16.2. The minimum atomic E-state index is -1.21. The number of anilines is 1. The number of rotatable bonds is 9. The van der Waals surface area contributed by atoms with E-state index in [1.807, 2.05) is 86.7 Å². The number of hydrogen-bond acceptors (Lipinski definition) is 4. The first kappa shape index (κ1) is 24.7. The Bertz CT molecular complexity index is 1190. The van der Waals surface area contributed by atoms with E-state index in [4.69, 9.17) is 4.99 Å². The highest BCUT2D eigenvalue weighted by molar-refractivity contribution is 6.15. The van der Waals surface area contributed by atoms with Gasteiger partial charge in [-0.2, -0.15) is 0 Å². The van der Waals surface area contributed by atoms with Crippen LogP contribution in [0.5, 0.6) is 0 Å². The lowest BCUT2D eigenvalue weighted by molar-refractivity contribution is -0.121. The molecule has 0 bridgehead atoms. The number of fused-ring (bicyclic) bond motifs is 1. The molecule has 1 aliphatic heterocycles. The first-order valence-electron chi connectivity index (χ1n) is 11.6. The van der Waals surface area contributed by atoms with Crippen LogP contribution in [0.1, 0.15) is 34.1 Å². The van der Waals surface area contributed by atoms with Crippen molar-refractivity contribution in [2.24, 2.45) is 10.9 Å². The van der Waals surface area contributed by atoms with Crippen molar-refractivity contribution in [1.82, 2.24) is 15.3 Å². The summed E-state index contributed by atoms with van der Waals surface area (Å²) in [4.78, 5) is 26.5. The Kier molecular flexibility index (Phi) is 8.19. The van der Waals surface area contributed by atoms with E-state index in [2.05, 4.69) is 41.0 Å². The summed E-state index contributed by atoms with van der Waals surface area (Å²) in [5.41, 5.74) is 2.23. The quantitative estimate of drug-likeness (QED) is 0.406. The average molecular weight is 456 g/mol. The molecule has 0 saturated carbocycles. The minimum Gasteiger partial charge on any atom is -0.324 e. The summed E-state index contributed by atoms with van der Waals surface area (Å²) >= 11 is 0. The standard InChI is InChI=1S/C28H33N5O/c1-6-10-12-16-21(9-4)28(22(20(5)8-3)17-13-11-7-2)25(34)31-27(33-28)32-26-29-23-18-14-15-19-24(23)30-26/h6-7,9-20H,2,8H2,1,3-5H3,(H3,29,30,31,32,33,34)/b10-6-,13-11-,16-12-,21-9-,22-17+. The number of allylic oxidation sites excluding steroid dienone is 8. The third kappa shape index (κ3) is 5.01. The van der Waals surface area contributed by atoms with E-state index in [-0.39, 0.29) is 11.8 Å². The number of nitrogens with one attached hydrogen (secondary N) is 3. The number of carbonyl (C=O) groups is 1. The van der Waals surface area contributed by atoms with E-state index in [0.29, 0.717) is 11.9 Å². The monoisotopic (exact) mass is 455 g/mol. The number of aromatic amines is 1. The van der Waals surface area contributed by atoms with Gasteiger partial charge in [0.15, 0.2) is 5.54 Å². The molecule has 0 radical (unpaired) electrons. The van der Waals surface area contributed by atoms with Crippen LogP contribution in [0.2, 0.25) is 0 Å². The summed E-state index contributed by atoms with van der Waals surface area (Å²) in [6.07, 6.45) is 18.0. The van der Waals surface area contributed by atoms with Crippen LogP contribution in [0, 0.1) is 5.92 Å². The molecular formula is C28H33N5O. The fraction of sp³-hybridized carbons (Fsp3) is 0.250. The highest BCUT2D eigenvalue weighted by Gasteiger charge is 2.50. The first-order chi connectivity index (χ1) is 16.5. The van der Waals surface area contributed by atoms with E-state index in [0.717, 1.165) is 28.6 Å². The van der Waals surface area contributed by atoms with Gasteiger partial charge in [0.2, 0.25) is 11.9 Å². The Morgan fingerprint density at radius 3 is 2.68 bits per heavy atom. The van der Waals surface area contributed by atoms with Gasteiger partial charge in [-0.15, -0.1) is 0 Å². The Morgan fingerprint density at radius 2 is 2.00 bits per heavy atom. The number of H-pyrrole nitrogens is 1. The second-order valence-electron chi connectivity index (χ2n) is 8.03. The van der Waals surface area contributed by atoms with Gasteiger partial charge in [-0.3, -0.25) is 15.4 Å². The van der Waals surface area contributed by atoms with E-state index >= 15 is 0 Å². The fourth-order valence-electron chi connectivity index (χ4n) is 3.98. The lowest BCUT2D eigenvalue weighted by atomic mass is 9.75. The molecular weight excluding hydrogens is 422 g/mol. The van der Waals surface area contributed by atoms with Crippen LogP contribution in [-0.4, -0.2) is 27.4 Å². The van der Waals surface area contributed by atoms with E-state index in [9.17, 15) is 4.79 Å². The molecule has 0 fully saturated rings. The van der Waals surface area contributed by atoms with E-state index < -0.39 is 5.54 Å². The summed E-state index contributed by atoms with van der Waals surface area (Å²) in [6, 6.07) is 7.75. The number of guanidine groups is 1. The molecule has 3 rings (SSSR count). The van der Waals surface area contributed by atoms with Crippen LogP contribution >= 0.6 is 0 Å². The maximum Gasteiger partial charge on any atom is 0.263 e. The van der Waals surface area contributed by atoms with Gasteiger partial charge < -0.3 is 4.98 Å². The third-order valence-electron chi connectivity index (χ3n) is 5.86. The zero-order valence-corrected chi connectivity index (χ0v) is 20.3. The Morgan fingerprint density at radius 1 is 1.21 bits per heavy atom. The van der Waals surface area contributed by atoms with Crippen molar-refractivity contribution in [2.45, 2.75) is 39.7 Å². The van der Waals surface area contributed by atoms with E-state index in [1.165, 1.54) is 0 Å². The van der Waals surface area contributed by atoms with Crippen molar-refractivity contribution in [3.63, 3.8) is 0 Å². The molecule has 6 heteroatoms. The normalized spacial score (nSPS) is 20.5. The molecule has 0 spiro atoms. The summed E-state index contributed by atoms with van der Waals surface area (Å²) in [5.74, 6) is 0.773. The van der Waals surface area contributed by atoms with Crippen molar-refractivity contribution in [2.75, 3.05) is 5.32 Å². The van der Waals surface area contributed by atoms with Gasteiger partial charge in [0.25, 0.3) is 5.91 Å². The van der Waals surface area contributed by atoms with Gasteiger partial charge in [0.1, 0.15) is 0 Å². The second-order valence-corrected chi connectivity index (χ2v) is 8.03. The van der Waals surface area contributed by atoms with Crippen molar-refractivity contribution >= 4 is 28.8 Å². The Balaban J connectivity index is 2.15. The molecule has 1 aromatic carbocycles. The van der Waals surface area contributed by atoms with Crippen molar-refractivity contribution in [1.29, 1.82) is 0 Å². The van der Waals surface area contributed by atoms with Crippen molar-refractivity contribution in [3.8, 4) is 0 Å². The lowest BCUT2D eigenvalue weighted by Crippen LogP contribution is -2.44. The SMILES string of the molecule is C=C/C=C\C=C(/C(C)CC)C1(C(/C=C\C=C/C)=C\C)N=C(Nc2nc3ccccc3[nH]2)NC1=O. The number of benzene rings is 1. The van der Waals surface area contributed by atoms with Gasteiger partial charge in [0.05, 0.1) is 11.0 Å². The van der Waals surface area contributed by atoms with Crippen LogP contribution in [0.15, 0.2) is 102 Å². The number of amides is 1. The molecule has 0 saturated heterocycles. The zero-order valence-electron chi connectivity index (χ0n) is 20.3. The predicted molar refractivity (Wildman–Crippen MR) is 143 cm³/mol. The number of hydrogen-bond donors (Lipinski definition) is 3. The maximum absolute atomic E-state index is 13.7. The van der Waals surface area contributed by atoms with Crippen LogP contribution in [0.4, 0.5) is 5.95 Å². The number of aliphatic imine (C=N–C) groups is 1. The number of nitrogens with zero attached hydrogens (tertiary/aromatic N) is 2. The number of imidazole rings is 1. The molecule has 6 nitrogen and oxygen atoms in total. The first-order valence-corrected chi connectivity index (χ1v) is 11.6. The third-order valence-corrected chi connectivity index (χ3v) is 5.86. The minimum absolute atomic E-state index is 0.111. The van der Waals surface area contributed by atoms with E-state index in [1.54, 1.807) is 6.08 Å². The van der Waals surface area contributed by atoms with Gasteiger partial charge in [-0.25, -0.2) is 9.98 Å².